The number of nitrogens with zero attached hydrogens (tertiary/aromatic N) is 2. The molecule has 0 aromatic heterocycles. The van der Waals surface area contributed by atoms with Crippen LogP contribution in [0, 0.1) is 10.1 Å². The van der Waals surface area contributed by atoms with Gasteiger partial charge in [-0.25, -0.2) is 0 Å². The largest absolute Gasteiger partial charge is 0.293 e. The van der Waals surface area contributed by atoms with E-state index >= 15 is 0 Å². The summed E-state index contributed by atoms with van der Waals surface area (Å²) in [6.07, 6.45) is 3.17. The quantitative estimate of drug-likeness (QED) is 0.467. The normalized spacial score (nSPS) is 14.1. The lowest BCUT2D eigenvalue weighted by Gasteiger charge is -2.10. The van der Waals surface area contributed by atoms with Crippen LogP contribution in [0.1, 0.15) is 29.6 Å². The van der Waals surface area contributed by atoms with Gasteiger partial charge >= 0.3 is 0 Å². The molecular formula is C13H15BrN2O3S. The van der Waals surface area contributed by atoms with Gasteiger partial charge in [0.25, 0.3) is 5.69 Å². The summed E-state index contributed by atoms with van der Waals surface area (Å²) in [6, 6.07) is 5.85. The maximum atomic E-state index is 12.0. The van der Waals surface area contributed by atoms with Gasteiger partial charge in [0.1, 0.15) is 0 Å². The van der Waals surface area contributed by atoms with Crippen molar-refractivity contribution in [1.29, 1.82) is 0 Å². The van der Waals surface area contributed by atoms with Crippen LogP contribution in [0.2, 0.25) is 0 Å². The van der Waals surface area contributed by atoms with E-state index in [1.807, 2.05) is 0 Å². The van der Waals surface area contributed by atoms with Gasteiger partial charge < -0.3 is 0 Å². The molecule has 20 heavy (non-hydrogen) atoms. The van der Waals surface area contributed by atoms with Gasteiger partial charge in [-0.15, -0.1) is 28.7 Å². The predicted octanol–water partition coefficient (Wildman–Crippen LogP) is 3.67. The summed E-state index contributed by atoms with van der Waals surface area (Å²) in [7, 11) is 0. The molecule has 0 aliphatic carbocycles. The number of rotatable bonds is 4. The number of carbonyl (C=O) groups excluding carboxylic acids is 1. The Hall–Kier alpha value is -1.21. The van der Waals surface area contributed by atoms with E-state index in [2.05, 4.69) is 4.99 Å². The molecule has 1 aromatic rings. The third-order valence-corrected chi connectivity index (χ3v) is 3.91. The summed E-state index contributed by atoms with van der Waals surface area (Å²) in [5.74, 6) is 0.196. The lowest BCUT2D eigenvalue weighted by Crippen LogP contribution is -2.08. The minimum atomic E-state index is -0.491. The van der Waals surface area contributed by atoms with Crippen molar-refractivity contribution in [2.24, 2.45) is 4.99 Å². The third kappa shape index (κ3) is 4.72. The lowest BCUT2D eigenvalue weighted by atomic mass is 10.1. The molecule has 1 heterocycles. The summed E-state index contributed by atoms with van der Waals surface area (Å²) in [5.41, 5.74) is 0.337. The number of nitro groups is 1. The highest BCUT2D eigenvalue weighted by atomic mass is 79.9. The van der Waals surface area contributed by atoms with Crippen molar-refractivity contribution >= 4 is 45.3 Å². The highest BCUT2D eigenvalue weighted by molar-refractivity contribution is 8.93. The highest BCUT2D eigenvalue weighted by Gasteiger charge is 2.13. The molecule has 0 amide bonds. The fourth-order valence-electron chi connectivity index (χ4n) is 1.81. The molecule has 0 unspecified atom stereocenters. The third-order valence-electron chi connectivity index (χ3n) is 2.84. The van der Waals surface area contributed by atoms with Gasteiger partial charge in [-0.1, -0.05) is 12.1 Å². The Bertz CT molecular complexity index is 534. The Morgan fingerprint density at radius 2 is 2.20 bits per heavy atom. The molecule has 5 nitrogen and oxygen atoms in total. The van der Waals surface area contributed by atoms with E-state index in [4.69, 9.17) is 0 Å². The zero-order valence-electron chi connectivity index (χ0n) is 10.8. The van der Waals surface area contributed by atoms with E-state index in [1.54, 1.807) is 6.07 Å². The second-order valence-corrected chi connectivity index (χ2v) is 5.30. The molecule has 1 aromatic carbocycles. The summed E-state index contributed by atoms with van der Waals surface area (Å²) in [5, 5.41) is 11.7. The molecule has 7 heteroatoms. The Balaban J connectivity index is 0.00000200. The average Bonchev–Trinajstić information content (AvgIpc) is 2.46. The predicted molar refractivity (Wildman–Crippen MR) is 86.4 cm³/mol. The summed E-state index contributed by atoms with van der Waals surface area (Å²) < 4.78 is 0. The number of benzene rings is 1. The van der Waals surface area contributed by atoms with Crippen LogP contribution in [0.25, 0.3) is 0 Å². The first-order chi connectivity index (χ1) is 9.16. The topological polar surface area (TPSA) is 72.6 Å². The number of nitro benzene ring substituents is 1. The first-order valence-electron chi connectivity index (χ1n) is 6.10. The number of hydrogen-bond donors (Lipinski definition) is 0. The number of carbonyl (C=O) groups is 1. The standard InChI is InChI=1S/C13H14N2O3S.BrH/c16-12(9-19-13-6-1-2-7-14-13)10-4-3-5-11(8-10)15(17)18;/h3-5,8H,1-2,6-7,9H2;1H. The van der Waals surface area contributed by atoms with E-state index in [9.17, 15) is 14.9 Å². The van der Waals surface area contributed by atoms with Gasteiger partial charge in [-0.05, 0) is 19.3 Å². The fourth-order valence-corrected chi connectivity index (χ4v) is 2.75. The number of Topliss-reactive ketones (excluding diaryl/α,β-unsaturated/α-hetero) is 1. The summed E-state index contributed by atoms with van der Waals surface area (Å²) in [4.78, 5) is 26.5. The molecule has 0 fully saturated rings. The maximum absolute atomic E-state index is 12.0. The molecule has 0 saturated heterocycles. The lowest BCUT2D eigenvalue weighted by molar-refractivity contribution is -0.384. The van der Waals surface area contributed by atoms with Crippen LogP contribution in [0.4, 0.5) is 5.69 Å². The van der Waals surface area contributed by atoms with E-state index in [-0.39, 0.29) is 28.5 Å². The molecule has 108 valence electrons. The first-order valence-corrected chi connectivity index (χ1v) is 7.09. The minimum absolute atomic E-state index is 0. The molecular weight excluding hydrogens is 344 g/mol. The van der Waals surface area contributed by atoms with Gasteiger partial charge in [0.2, 0.25) is 0 Å². The molecule has 0 N–H and O–H groups in total. The van der Waals surface area contributed by atoms with Crippen molar-refractivity contribution in [3.8, 4) is 0 Å². The highest BCUT2D eigenvalue weighted by Crippen LogP contribution is 2.19. The van der Waals surface area contributed by atoms with Crippen molar-refractivity contribution in [1.82, 2.24) is 0 Å². The molecule has 0 saturated carbocycles. The molecule has 1 aliphatic heterocycles. The molecule has 0 atom stereocenters. The Labute approximate surface area is 131 Å². The number of halogens is 1. The Morgan fingerprint density at radius 3 is 2.85 bits per heavy atom. The Morgan fingerprint density at radius 1 is 1.40 bits per heavy atom. The monoisotopic (exact) mass is 358 g/mol. The zero-order chi connectivity index (χ0) is 13.7. The van der Waals surface area contributed by atoms with Gasteiger partial charge in [0.05, 0.1) is 15.7 Å². The number of ketones is 1. The van der Waals surface area contributed by atoms with E-state index in [1.165, 1.54) is 30.0 Å². The van der Waals surface area contributed by atoms with Gasteiger partial charge in [0.15, 0.2) is 5.78 Å². The molecule has 0 radical (unpaired) electrons. The number of thioether (sulfide) groups is 1. The molecule has 1 aliphatic rings. The van der Waals surface area contributed by atoms with Crippen LogP contribution in [0.3, 0.4) is 0 Å². The van der Waals surface area contributed by atoms with E-state index < -0.39 is 4.92 Å². The van der Waals surface area contributed by atoms with Crippen molar-refractivity contribution < 1.29 is 9.72 Å². The van der Waals surface area contributed by atoms with Crippen LogP contribution < -0.4 is 0 Å². The van der Waals surface area contributed by atoms with Crippen molar-refractivity contribution in [2.75, 3.05) is 12.3 Å². The number of hydrogen-bond acceptors (Lipinski definition) is 5. The molecule has 0 spiro atoms. The SMILES string of the molecule is Br.O=C(CSC1=NCCCC1)c1cccc([N+](=O)[O-])c1. The van der Waals surface area contributed by atoms with Crippen molar-refractivity contribution in [2.45, 2.75) is 19.3 Å². The zero-order valence-corrected chi connectivity index (χ0v) is 13.3. The first kappa shape index (κ1) is 16.8. The van der Waals surface area contributed by atoms with Crippen LogP contribution >= 0.6 is 28.7 Å². The Kier molecular flexibility index (Phi) is 6.87. The van der Waals surface area contributed by atoms with Gasteiger partial charge in [0, 0.05) is 24.2 Å². The van der Waals surface area contributed by atoms with E-state index in [0.29, 0.717) is 11.3 Å². The summed E-state index contributed by atoms with van der Waals surface area (Å²) in [6.45, 7) is 0.841. The fraction of sp³-hybridized carbons (Fsp3) is 0.385. The second-order valence-electron chi connectivity index (χ2n) is 4.25. The minimum Gasteiger partial charge on any atom is -0.293 e. The van der Waals surface area contributed by atoms with Crippen LogP contribution in [-0.4, -0.2) is 28.0 Å². The molecule has 0 bridgehead atoms. The van der Waals surface area contributed by atoms with Crippen molar-refractivity contribution in [3.63, 3.8) is 0 Å². The number of non-ortho nitro benzene ring substituents is 1. The average molecular weight is 359 g/mol. The molecule has 2 rings (SSSR count). The van der Waals surface area contributed by atoms with Crippen LogP contribution in [-0.2, 0) is 0 Å². The van der Waals surface area contributed by atoms with Crippen LogP contribution in [0.15, 0.2) is 29.3 Å². The van der Waals surface area contributed by atoms with Crippen LogP contribution in [0.5, 0.6) is 0 Å². The smallest absolute Gasteiger partial charge is 0.270 e. The second kappa shape index (κ2) is 8.16. The maximum Gasteiger partial charge on any atom is 0.270 e. The van der Waals surface area contributed by atoms with Crippen molar-refractivity contribution in [3.05, 3.63) is 39.9 Å². The number of aliphatic imine (C=N–C) groups is 1. The van der Waals surface area contributed by atoms with E-state index in [0.717, 1.165) is 30.9 Å². The van der Waals surface area contributed by atoms with Gasteiger partial charge in [-0.3, -0.25) is 19.9 Å². The summed E-state index contributed by atoms with van der Waals surface area (Å²) >= 11 is 1.45. The van der Waals surface area contributed by atoms with Gasteiger partial charge in [-0.2, -0.15) is 0 Å².